The van der Waals surface area contributed by atoms with Gasteiger partial charge >= 0.3 is 5.97 Å². The number of aliphatic carboxylic acids is 1. The summed E-state index contributed by atoms with van der Waals surface area (Å²) < 4.78 is 5.55. The van der Waals surface area contributed by atoms with Crippen LogP contribution in [0.1, 0.15) is 46.0 Å². The molecule has 1 aliphatic carbocycles. The second-order valence-corrected chi connectivity index (χ2v) is 5.43. The van der Waals surface area contributed by atoms with Crippen molar-refractivity contribution in [2.45, 2.75) is 63.6 Å². The smallest absolute Gasteiger partial charge is 0.323 e. The molecule has 2 aliphatic rings. The molecule has 1 heterocycles. The Balaban J connectivity index is 1.97. The van der Waals surface area contributed by atoms with Crippen LogP contribution < -0.4 is 0 Å². The van der Waals surface area contributed by atoms with E-state index in [-0.39, 0.29) is 0 Å². The minimum absolute atomic E-state index is 0.352. The van der Waals surface area contributed by atoms with Crippen molar-refractivity contribution in [2.75, 3.05) is 13.2 Å². The number of carboxylic acid groups (broad SMARTS) is 1. The van der Waals surface area contributed by atoms with Crippen molar-refractivity contribution < 1.29 is 14.6 Å². The summed E-state index contributed by atoms with van der Waals surface area (Å²) in [5, 5.41) is 9.43. The molecule has 0 radical (unpaired) electrons. The zero-order chi connectivity index (χ0) is 12.5. The van der Waals surface area contributed by atoms with Gasteiger partial charge in [0.25, 0.3) is 0 Å². The Bertz CT molecular complexity index is 288. The number of nitrogens with zero attached hydrogens (tertiary/aromatic N) is 1. The highest BCUT2D eigenvalue weighted by Gasteiger charge is 2.47. The highest BCUT2D eigenvalue weighted by atomic mass is 16.5. The first kappa shape index (κ1) is 12.8. The maximum absolute atomic E-state index is 11.5. The quantitative estimate of drug-likeness (QED) is 0.816. The molecular weight excluding hydrogens is 218 g/mol. The minimum atomic E-state index is -0.669. The van der Waals surface area contributed by atoms with Gasteiger partial charge in [-0.2, -0.15) is 0 Å². The molecule has 0 bridgehead atoms. The van der Waals surface area contributed by atoms with Crippen molar-refractivity contribution in [1.82, 2.24) is 4.90 Å². The third-order valence-corrected chi connectivity index (χ3v) is 4.32. The second-order valence-electron chi connectivity index (χ2n) is 5.43. The Morgan fingerprint density at radius 3 is 2.76 bits per heavy atom. The van der Waals surface area contributed by atoms with Gasteiger partial charge in [0.05, 0.1) is 6.10 Å². The number of piperidine rings is 1. The minimum Gasteiger partial charge on any atom is -0.480 e. The van der Waals surface area contributed by atoms with E-state index in [1.54, 1.807) is 0 Å². The van der Waals surface area contributed by atoms with Gasteiger partial charge in [0.15, 0.2) is 0 Å². The molecule has 4 nitrogen and oxygen atoms in total. The van der Waals surface area contributed by atoms with Crippen LogP contribution in [0.5, 0.6) is 0 Å². The number of likely N-dealkylation sites (tertiary alicyclic amines) is 1. The molecule has 1 unspecified atom stereocenters. The van der Waals surface area contributed by atoms with Crippen molar-refractivity contribution in [2.24, 2.45) is 0 Å². The van der Waals surface area contributed by atoms with E-state index in [0.29, 0.717) is 12.1 Å². The van der Waals surface area contributed by atoms with Crippen molar-refractivity contribution in [3.05, 3.63) is 0 Å². The first-order chi connectivity index (χ1) is 8.08. The van der Waals surface area contributed by atoms with Gasteiger partial charge in [-0.15, -0.1) is 0 Å². The first-order valence-corrected chi connectivity index (χ1v) is 6.69. The summed E-state index contributed by atoms with van der Waals surface area (Å²) in [4.78, 5) is 13.7. The fourth-order valence-electron chi connectivity index (χ4n) is 3.12. The number of hydrogen-bond acceptors (Lipinski definition) is 3. The SMILES string of the molecule is CCOC1CC(N2CCCCC2(C)C(=O)O)C1. The van der Waals surface area contributed by atoms with E-state index in [1.165, 1.54) is 0 Å². The molecule has 4 heteroatoms. The zero-order valence-electron chi connectivity index (χ0n) is 10.8. The van der Waals surface area contributed by atoms with Crippen LogP contribution in [0.3, 0.4) is 0 Å². The van der Waals surface area contributed by atoms with Crippen LogP contribution >= 0.6 is 0 Å². The van der Waals surface area contributed by atoms with Crippen LogP contribution in [-0.4, -0.2) is 46.8 Å². The summed E-state index contributed by atoms with van der Waals surface area (Å²) in [5.74, 6) is -0.669. The van der Waals surface area contributed by atoms with E-state index in [0.717, 1.165) is 45.3 Å². The van der Waals surface area contributed by atoms with Crippen molar-refractivity contribution >= 4 is 5.97 Å². The molecule has 17 heavy (non-hydrogen) atoms. The summed E-state index contributed by atoms with van der Waals surface area (Å²) in [6, 6.07) is 0.410. The zero-order valence-corrected chi connectivity index (χ0v) is 10.8. The monoisotopic (exact) mass is 241 g/mol. The van der Waals surface area contributed by atoms with Gasteiger partial charge in [-0.3, -0.25) is 9.69 Å². The molecule has 1 saturated heterocycles. The summed E-state index contributed by atoms with van der Waals surface area (Å²) in [6.07, 6.45) is 5.27. The maximum atomic E-state index is 11.5. The number of hydrogen-bond donors (Lipinski definition) is 1. The Labute approximate surface area is 103 Å². The predicted octanol–water partition coefficient (Wildman–Crippen LogP) is 1.88. The standard InChI is InChI=1S/C13H23NO3/c1-3-17-11-8-10(9-11)14-7-5-4-6-13(14,2)12(15)16/h10-11H,3-9H2,1-2H3,(H,15,16). The second kappa shape index (κ2) is 4.94. The van der Waals surface area contributed by atoms with E-state index < -0.39 is 11.5 Å². The summed E-state index contributed by atoms with van der Waals surface area (Å²) in [7, 11) is 0. The van der Waals surface area contributed by atoms with Crippen LogP contribution in [0.15, 0.2) is 0 Å². The third kappa shape index (κ3) is 2.33. The molecule has 2 rings (SSSR count). The first-order valence-electron chi connectivity index (χ1n) is 6.69. The van der Waals surface area contributed by atoms with Gasteiger partial charge in [-0.05, 0) is 52.5 Å². The number of carbonyl (C=O) groups is 1. The van der Waals surface area contributed by atoms with Crippen LogP contribution in [0.4, 0.5) is 0 Å². The van der Waals surface area contributed by atoms with Crippen LogP contribution in [0.2, 0.25) is 0 Å². The molecule has 0 aromatic heterocycles. The highest BCUT2D eigenvalue weighted by molar-refractivity contribution is 5.78. The van der Waals surface area contributed by atoms with Gasteiger partial charge in [-0.25, -0.2) is 0 Å². The van der Waals surface area contributed by atoms with E-state index in [1.807, 2.05) is 13.8 Å². The van der Waals surface area contributed by atoms with E-state index in [9.17, 15) is 9.90 Å². The van der Waals surface area contributed by atoms with E-state index >= 15 is 0 Å². The molecule has 0 amide bonds. The molecule has 0 aromatic carbocycles. The lowest BCUT2D eigenvalue weighted by Gasteiger charge is -2.51. The lowest BCUT2D eigenvalue weighted by atomic mass is 9.80. The number of rotatable bonds is 4. The molecule has 0 spiro atoms. The Hall–Kier alpha value is -0.610. The fourth-order valence-corrected chi connectivity index (χ4v) is 3.12. The Morgan fingerprint density at radius 2 is 2.18 bits per heavy atom. The Morgan fingerprint density at radius 1 is 1.47 bits per heavy atom. The van der Waals surface area contributed by atoms with Crippen LogP contribution in [0.25, 0.3) is 0 Å². The molecular formula is C13H23NO3. The molecule has 1 aliphatic heterocycles. The molecule has 0 aromatic rings. The molecule has 1 N–H and O–H groups in total. The van der Waals surface area contributed by atoms with Gasteiger partial charge in [0.1, 0.15) is 5.54 Å². The average Bonchev–Trinajstić information content (AvgIpc) is 2.24. The van der Waals surface area contributed by atoms with Gasteiger partial charge in [-0.1, -0.05) is 0 Å². The largest absolute Gasteiger partial charge is 0.480 e. The topological polar surface area (TPSA) is 49.8 Å². The predicted molar refractivity (Wildman–Crippen MR) is 65.0 cm³/mol. The van der Waals surface area contributed by atoms with E-state index in [4.69, 9.17) is 4.74 Å². The normalized spacial score (nSPS) is 38.7. The van der Waals surface area contributed by atoms with Crippen molar-refractivity contribution in [3.63, 3.8) is 0 Å². The van der Waals surface area contributed by atoms with Gasteiger partial charge < -0.3 is 9.84 Å². The summed E-state index contributed by atoms with van der Waals surface area (Å²) >= 11 is 0. The lowest BCUT2D eigenvalue weighted by molar-refractivity contribution is -0.161. The maximum Gasteiger partial charge on any atom is 0.323 e. The van der Waals surface area contributed by atoms with Gasteiger partial charge in [0.2, 0.25) is 0 Å². The summed E-state index contributed by atoms with van der Waals surface area (Å²) in [6.45, 7) is 5.57. The highest BCUT2D eigenvalue weighted by Crippen LogP contribution is 2.37. The molecule has 2 fully saturated rings. The molecule has 98 valence electrons. The van der Waals surface area contributed by atoms with E-state index in [2.05, 4.69) is 4.90 Å². The lowest BCUT2D eigenvalue weighted by Crippen LogP contribution is -2.62. The van der Waals surface area contributed by atoms with Crippen LogP contribution in [-0.2, 0) is 9.53 Å². The molecule has 1 saturated carbocycles. The van der Waals surface area contributed by atoms with Gasteiger partial charge in [0, 0.05) is 12.6 Å². The van der Waals surface area contributed by atoms with Crippen molar-refractivity contribution in [3.8, 4) is 0 Å². The number of ether oxygens (including phenoxy) is 1. The fraction of sp³-hybridized carbons (Fsp3) is 0.923. The van der Waals surface area contributed by atoms with Crippen LogP contribution in [0, 0.1) is 0 Å². The molecule has 1 atom stereocenters. The average molecular weight is 241 g/mol. The number of carboxylic acids is 1. The third-order valence-electron chi connectivity index (χ3n) is 4.32. The van der Waals surface area contributed by atoms with Crippen molar-refractivity contribution in [1.29, 1.82) is 0 Å². The Kier molecular flexibility index (Phi) is 3.73. The summed E-state index contributed by atoms with van der Waals surface area (Å²) in [5.41, 5.74) is -0.653.